The van der Waals surface area contributed by atoms with E-state index in [9.17, 15) is 30.0 Å². The van der Waals surface area contributed by atoms with E-state index in [1.807, 2.05) is 0 Å². The molecule has 158 valence electrons. The number of carbonyl (C=O) groups is 2. The van der Waals surface area contributed by atoms with E-state index in [0.29, 0.717) is 0 Å². The topological polar surface area (TPSA) is 134 Å². The molecule has 0 amide bonds. The van der Waals surface area contributed by atoms with Crippen LogP contribution in [0.15, 0.2) is 12.2 Å². The maximum atomic E-state index is 12.1. The van der Waals surface area contributed by atoms with Gasteiger partial charge >= 0.3 is 11.9 Å². The van der Waals surface area contributed by atoms with Gasteiger partial charge in [-0.2, -0.15) is 0 Å². The molecular weight excluding hydrogens is 368 g/mol. The van der Waals surface area contributed by atoms with Gasteiger partial charge in [0, 0.05) is 17.4 Å². The largest absolute Gasteiger partial charge is 0.459 e. The van der Waals surface area contributed by atoms with Crippen LogP contribution in [0, 0.1) is 17.8 Å². The highest BCUT2D eigenvalue weighted by atomic mass is 16.6. The first-order chi connectivity index (χ1) is 12.9. The summed E-state index contributed by atoms with van der Waals surface area (Å²) >= 11 is 0. The molecule has 4 N–H and O–H groups in total. The van der Waals surface area contributed by atoms with E-state index < -0.39 is 65.3 Å². The van der Waals surface area contributed by atoms with E-state index in [0.717, 1.165) is 0 Å². The Labute approximate surface area is 164 Å². The van der Waals surface area contributed by atoms with Crippen LogP contribution in [0.25, 0.3) is 0 Å². The maximum absolute atomic E-state index is 12.1. The maximum Gasteiger partial charge on any atom is 0.334 e. The SMILES string of the molecule is C=C1C(=O)O[C@H]2[C@@H]1CC[C@](C)(O)[C@@H](O)[C@H]1OC(=O)[C@H](C)[C@H]1CC[C@](C)(O)[C@H]2O. The minimum Gasteiger partial charge on any atom is -0.459 e. The van der Waals surface area contributed by atoms with Gasteiger partial charge in [0.1, 0.15) is 24.4 Å². The van der Waals surface area contributed by atoms with Gasteiger partial charge in [-0.15, -0.1) is 0 Å². The number of esters is 2. The van der Waals surface area contributed by atoms with Crippen molar-refractivity contribution in [2.45, 2.75) is 82.1 Å². The summed E-state index contributed by atoms with van der Waals surface area (Å²) in [6, 6.07) is 0. The molecular formula is C20H30O8. The fourth-order valence-electron chi connectivity index (χ4n) is 4.67. The van der Waals surface area contributed by atoms with Gasteiger partial charge < -0.3 is 29.9 Å². The summed E-state index contributed by atoms with van der Waals surface area (Å²) in [5.41, 5.74) is -3.01. The molecule has 0 aromatic carbocycles. The predicted molar refractivity (Wildman–Crippen MR) is 96.8 cm³/mol. The normalized spacial score (nSPS) is 50.1. The van der Waals surface area contributed by atoms with Gasteiger partial charge in [0.15, 0.2) is 0 Å². The minimum atomic E-state index is -1.59. The fraction of sp³-hybridized carbons (Fsp3) is 0.800. The molecule has 1 saturated carbocycles. The van der Waals surface area contributed by atoms with Crippen molar-refractivity contribution in [2.24, 2.45) is 17.8 Å². The van der Waals surface area contributed by atoms with E-state index in [-0.39, 0.29) is 31.3 Å². The third-order valence-electron chi connectivity index (χ3n) is 6.88. The Morgan fingerprint density at radius 2 is 1.50 bits per heavy atom. The third-order valence-corrected chi connectivity index (χ3v) is 6.88. The van der Waals surface area contributed by atoms with Crippen LogP contribution in [-0.4, -0.2) is 68.0 Å². The Morgan fingerprint density at radius 1 is 0.964 bits per heavy atom. The van der Waals surface area contributed by atoms with Crippen molar-refractivity contribution >= 4 is 11.9 Å². The Morgan fingerprint density at radius 3 is 2.11 bits per heavy atom. The lowest BCUT2D eigenvalue weighted by molar-refractivity contribution is -0.168. The second-order valence-corrected chi connectivity index (χ2v) is 9.04. The minimum absolute atomic E-state index is 0.0645. The summed E-state index contributed by atoms with van der Waals surface area (Å²) in [5.74, 6) is -2.64. The summed E-state index contributed by atoms with van der Waals surface area (Å²) in [6.45, 7) is 8.33. The van der Waals surface area contributed by atoms with Gasteiger partial charge in [0.2, 0.25) is 0 Å². The van der Waals surface area contributed by atoms with Crippen LogP contribution in [0.4, 0.5) is 0 Å². The van der Waals surface area contributed by atoms with Crippen molar-refractivity contribution in [3.05, 3.63) is 12.2 Å². The van der Waals surface area contributed by atoms with Crippen LogP contribution >= 0.6 is 0 Å². The van der Waals surface area contributed by atoms with Crippen LogP contribution in [0.3, 0.4) is 0 Å². The lowest BCUT2D eigenvalue weighted by Gasteiger charge is -2.39. The van der Waals surface area contributed by atoms with Gasteiger partial charge in [0.05, 0.1) is 17.1 Å². The van der Waals surface area contributed by atoms with E-state index in [1.54, 1.807) is 6.92 Å². The average Bonchev–Trinajstić information content (AvgIpc) is 3.06. The summed E-state index contributed by atoms with van der Waals surface area (Å²) in [4.78, 5) is 24.1. The molecule has 2 heterocycles. The first-order valence-electron chi connectivity index (χ1n) is 9.78. The van der Waals surface area contributed by atoms with E-state index in [2.05, 4.69) is 6.58 Å². The highest BCUT2D eigenvalue weighted by Crippen LogP contribution is 2.43. The molecule has 0 aromatic heterocycles. The van der Waals surface area contributed by atoms with Crippen LogP contribution < -0.4 is 0 Å². The first kappa shape index (κ1) is 21.2. The zero-order valence-electron chi connectivity index (χ0n) is 16.5. The number of carbonyl (C=O) groups excluding carboxylic acids is 2. The van der Waals surface area contributed by atoms with E-state index in [4.69, 9.17) is 9.47 Å². The van der Waals surface area contributed by atoms with Gasteiger partial charge in [0.25, 0.3) is 0 Å². The number of hydrogen-bond donors (Lipinski definition) is 4. The molecule has 0 spiro atoms. The molecule has 2 aliphatic heterocycles. The molecule has 3 aliphatic rings. The van der Waals surface area contributed by atoms with Crippen molar-refractivity contribution in [3.8, 4) is 0 Å². The van der Waals surface area contributed by atoms with Crippen molar-refractivity contribution in [1.29, 1.82) is 0 Å². The van der Waals surface area contributed by atoms with Crippen molar-refractivity contribution < 1.29 is 39.5 Å². The Balaban J connectivity index is 1.96. The Kier molecular flexibility index (Phi) is 5.38. The summed E-state index contributed by atoms with van der Waals surface area (Å²) in [7, 11) is 0. The second-order valence-electron chi connectivity index (χ2n) is 9.04. The molecule has 8 nitrogen and oxygen atoms in total. The molecule has 1 aliphatic carbocycles. The average molecular weight is 398 g/mol. The molecule has 3 rings (SSSR count). The highest BCUT2D eigenvalue weighted by molar-refractivity contribution is 5.90. The van der Waals surface area contributed by atoms with Crippen molar-refractivity contribution in [1.82, 2.24) is 0 Å². The van der Waals surface area contributed by atoms with Crippen LogP contribution in [0.5, 0.6) is 0 Å². The van der Waals surface area contributed by atoms with Gasteiger partial charge in [-0.3, -0.25) is 4.79 Å². The van der Waals surface area contributed by atoms with Crippen LogP contribution in [0.1, 0.15) is 46.5 Å². The van der Waals surface area contributed by atoms with Crippen LogP contribution in [-0.2, 0) is 19.1 Å². The standard InChI is InChI=1S/C20H30O8/c1-9-11-5-7-19(3,25)16(22)14-12(10(2)18(24)28-14)6-8-20(4,26)15(21)13(11)27-17(9)23/h10-16,21-22,25-26H,1,5-8H2,2-4H3/t10-,11-,12-,13+,14+,15+,16+,19+,20+/m1/s1. The smallest absolute Gasteiger partial charge is 0.334 e. The Hall–Kier alpha value is -1.48. The number of hydrogen-bond acceptors (Lipinski definition) is 8. The quantitative estimate of drug-likeness (QED) is 0.332. The zero-order chi connectivity index (χ0) is 21.0. The summed E-state index contributed by atoms with van der Waals surface area (Å²) in [5, 5.41) is 43.4. The summed E-state index contributed by atoms with van der Waals surface area (Å²) < 4.78 is 10.6. The van der Waals surface area contributed by atoms with Crippen molar-refractivity contribution in [2.75, 3.05) is 0 Å². The predicted octanol–water partition coefficient (Wildman–Crippen LogP) is 0.0597. The first-order valence-corrected chi connectivity index (χ1v) is 9.78. The molecule has 8 heteroatoms. The van der Waals surface area contributed by atoms with Gasteiger partial charge in [-0.25, -0.2) is 4.79 Å². The fourth-order valence-corrected chi connectivity index (χ4v) is 4.67. The summed E-state index contributed by atoms with van der Waals surface area (Å²) in [6.07, 6.45) is -3.95. The molecule has 28 heavy (non-hydrogen) atoms. The molecule has 0 unspecified atom stereocenters. The van der Waals surface area contributed by atoms with E-state index in [1.165, 1.54) is 13.8 Å². The third kappa shape index (κ3) is 3.47. The molecule has 0 radical (unpaired) electrons. The molecule has 2 saturated heterocycles. The Bertz CT molecular complexity index is 667. The van der Waals surface area contributed by atoms with E-state index >= 15 is 0 Å². The number of aliphatic hydroxyl groups is 4. The highest BCUT2D eigenvalue weighted by Gasteiger charge is 2.54. The van der Waals surface area contributed by atoms with Crippen molar-refractivity contribution in [3.63, 3.8) is 0 Å². The molecule has 0 aromatic rings. The second kappa shape index (κ2) is 7.09. The lowest BCUT2D eigenvalue weighted by Crippen LogP contribution is -2.53. The monoisotopic (exact) mass is 398 g/mol. The van der Waals surface area contributed by atoms with Crippen LogP contribution in [0.2, 0.25) is 0 Å². The number of aliphatic hydroxyl groups excluding tert-OH is 2. The molecule has 9 atom stereocenters. The number of ether oxygens (including phenoxy) is 2. The molecule has 3 fully saturated rings. The lowest BCUT2D eigenvalue weighted by atomic mass is 9.73. The van der Waals surface area contributed by atoms with Gasteiger partial charge in [-0.05, 0) is 39.5 Å². The van der Waals surface area contributed by atoms with Gasteiger partial charge in [-0.1, -0.05) is 13.5 Å². The zero-order valence-corrected chi connectivity index (χ0v) is 16.5. The number of rotatable bonds is 0. The number of fused-ring (bicyclic) bond motifs is 2. The molecule has 0 bridgehead atoms.